The van der Waals surface area contributed by atoms with E-state index in [2.05, 4.69) is 4.98 Å². The lowest BCUT2D eigenvalue weighted by molar-refractivity contribution is -0.190. The molecule has 1 aliphatic rings. The number of nitrogens with zero attached hydrogens (tertiary/aromatic N) is 2. The molecule has 2 atom stereocenters. The Labute approximate surface area is 190 Å². The molecule has 1 fully saturated rings. The lowest BCUT2D eigenvalue weighted by atomic mass is 10.1. The molecule has 0 spiro atoms. The summed E-state index contributed by atoms with van der Waals surface area (Å²) in [4.78, 5) is 4.07. The Morgan fingerprint density at radius 1 is 1.32 bits per heavy atom. The molecular weight excluding hydrogens is 442 g/mol. The van der Waals surface area contributed by atoms with Gasteiger partial charge in [-0.05, 0) is 24.6 Å². The molecule has 2 aromatic carbocycles. The monoisotopic (exact) mass is 462 g/mol. The van der Waals surface area contributed by atoms with E-state index >= 15 is 0 Å². The van der Waals surface area contributed by atoms with Gasteiger partial charge in [-0.2, -0.15) is 4.39 Å². The van der Waals surface area contributed by atoms with Gasteiger partial charge >= 0.3 is 0 Å². The van der Waals surface area contributed by atoms with Gasteiger partial charge in [0, 0.05) is 29.1 Å². The summed E-state index contributed by atoms with van der Waals surface area (Å²) < 4.78 is 33.7. The molecule has 162 valence electrons. The van der Waals surface area contributed by atoms with Gasteiger partial charge in [-0.15, -0.1) is 0 Å². The molecule has 8 heteroatoms. The molecule has 4 rings (SSSR count). The van der Waals surface area contributed by atoms with Crippen LogP contribution in [-0.2, 0) is 26.5 Å². The highest BCUT2D eigenvalue weighted by Crippen LogP contribution is 2.40. The Hall–Kier alpha value is -2.38. The standard InChI is InChI=1S/C23H21Cl2FN2O3/c1-16-3-2-4-17(9-16)10-22(26)29-12-19-13-30-23(31-19,14-28-8-7-27-15-28)20-6-5-18(24)11-21(20)25/h2-11,15,19H,12-14H2,1H3/b22-10+. The van der Waals surface area contributed by atoms with Crippen molar-refractivity contribution in [2.45, 2.75) is 25.4 Å². The summed E-state index contributed by atoms with van der Waals surface area (Å²) in [6.45, 7) is 2.46. The zero-order chi connectivity index (χ0) is 21.8. The summed E-state index contributed by atoms with van der Waals surface area (Å²) in [7, 11) is 0. The smallest absolute Gasteiger partial charge is 0.273 e. The molecule has 1 saturated heterocycles. The third-order valence-corrected chi connectivity index (χ3v) is 5.43. The molecule has 2 unspecified atom stereocenters. The van der Waals surface area contributed by atoms with Crippen LogP contribution in [-0.4, -0.2) is 28.9 Å². The van der Waals surface area contributed by atoms with Crippen LogP contribution in [0.4, 0.5) is 4.39 Å². The van der Waals surface area contributed by atoms with Gasteiger partial charge in [-0.25, -0.2) is 4.98 Å². The highest BCUT2D eigenvalue weighted by atomic mass is 35.5. The maximum atomic E-state index is 14.3. The number of hydrogen-bond donors (Lipinski definition) is 0. The first-order chi connectivity index (χ1) is 14.9. The summed E-state index contributed by atoms with van der Waals surface area (Å²) in [5.74, 6) is -1.17. The van der Waals surface area contributed by atoms with Crippen LogP contribution in [0, 0.1) is 6.92 Å². The zero-order valence-corrected chi connectivity index (χ0v) is 18.3. The minimum Gasteiger partial charge on any atom is -0.468 e. The first kappa shape index (κ1) is 21.8. The number of halogens is 3. The average Bonchev–Trinajstić information content (AvgIpc) is 3.37. The van der Waals surface area contributed by atoms with Crippen LogP contribution in [0.2, 0.25) is 10.0 Å². The summed E-state index contributed by atoms with van der Waals surface area (Å²) in [5.41, 5.74) is 2.40. The maximum Gasteiger partial charge on any atom is 0.273 e. The molecule has 0 bridgehead atoms. The van der Waals surface area contributed by atoms with Crippen molar-refractivity contribution in [1.82, 2.24) is 9.55 Å². The largest absolute Gasteiger partial charge is 0.468 e. The van der Waals surface area contributed by atoms with Crippen LogP contribution < -0.4 is 0 Å². The number of benzene rings is 2. The van der Waals surface area contributed by atoms with Crippen molar-refractivity contribution in [3.63, 3.8) is 0 Å². The predicted molar refractivity (Wildman–Crippen MR) is 117 cm³/mol. The normalized spacial score (nSPS) is 21.4. The molecule has 1 aliphatic heterocycles. The molecule has 0 N–H and O–H groups in total. The summed E-state index contributed by atoms with van der Waals surface area (Å²) in [6, 6.07) is 11.9. The van der Waals surface area contributed by atoms with E-state index in [0.717, 1.165) is 11.1 Å². The Morgan fingerprint density at radius 2 is 2.19 bits per heavy atom. The number of rotatable bonds is 7. The van der Waals surface area contributed by atoms with Crippen LogP contribution in [0.25, 0.3) is 6.08 Å². The van der Waals surface area contributed by atoms with Crippen molar-refractivity contribution in [2.24, 2.45) is 0 Å². The fourth-order valence-electron chi connectivity index (χ4n) is 3.48. The number of aromatic nitrogens is 2. The Morgan fingerprint density at radius 3 is 2.94 bits per heavy atom. The zero-order valence-electron chi connectivity index (χ0n) is 16.8. The lowest BCUT2D eigenvalue weighted by Crippen LogP contribution is -2.34. The molecule has 5 nitrogen and oxygen atoms in total. The average molecular weight is 463 g/mol. The van der Waals surface area contributed by atoms with Gasteiger partial charge in [0.1, 0.15) is 12.7 Å². The molecule has 0 saturated carbocycles. The van der Waals surface area contributed by atoms with Crippen LogP contribution in [0.3, 0.4) is 0 Å². The SMILES string of the molecule is Cc1cccc(/C=C(\F)OCC2COC(Cn3ccnc3)(c3ccc(Cl)cc3Cl)O2)c1. The number of hydrogen-bond acceptors (Lipinski definition) is 4. The number of aryl methyl sites for hydroxylation is 1. The van der Waals surface area contributed by atoms with E-state index in [1.807, 2.05) is 35.8 Å². The van der Waals surface area contributed by atoms with Crippen molar-refractivity contribution in [3.05, 3.63) is 93.9 Å². The van der Waals surface area contributed by atoms with Gasteiger partial charge in [-0.1, -0.05) is 59.1 Å². The predicted octanol–water partition coefficient (Wildman–Crippen LogP) is 5.75. The molecule has 0 amide bonds. The van der Waals surface area contributed by atoms with Crippen molar-refractivity contribution in [2.75, 3.05) is 13.2 Å². The molecule has 2 heterocycles. The summed E-state index contributed by atoms with van der Waals surface area (Å²) in [5, 5.41) is 0.924. The van der Waals surface area contributed by atoms with E-state index in [0.29, 0.717) is 22.2 Å². The summed E-state index contributed by atoms with van der Waals surface area (Å²) in [6.07, 6.45) is 5.97. The fourth-order valence-corrected chi connectivity index (χ4v) is 4.03. The van der Waals surface area contributed by atoms with Gasteiger partial charge in [0.05, 0.1) is 24.5 Å². The van der Waals surface area contributed by atoms with Crippen LogP contribution in [0.1, 0.15) is 16.7 Å². The van der Waals surface area contributed by atoms with E-state index in [1.165, 1.54) is 6.08 Å². The third kappa shape index (κ3) is 5.28. The topological polar surface area (TPSA) is 45.5 Å². The number of imidazole rings is 1. The highest BCUT2D eigenvalue weighted by Gasteiger charge is 2.45. The second-order valence-corrected chi connectivity index (χ2v) is 8.18. The fraction of sp³-hybridized carbons (Fsp3) is 0.261. The quantitative estimate of drug-likeness (QED) is 0.419. The van der Waals surface area contributed by atoms with E-state index < -0.39 is 17.9 Å². The minimum absolute atomic E-state index is 0.00889. The lowest BCUT2D eigenvalue weighted by Gasteiger charge is -2.29. The highest BCUT2D eigenvalue weighted by molar-refractivity contribution is 6.35. The molecular formula is C23H21Cl2FN2O3. The van der Waals surface area contributed by atoms with Crippen LogP contribution in [0.5, 0.6) is 0 Å². The van der Waals surface area contributed by atoms with Gasteiger partial charge in [0.2, 0.25) is 5.79 Å². The van der Waals surface area contributed by atoms with Gasteiger partial charge < -0.3 is 18.8 Å². The van der Waals surface area contributed by atoms with E-state index in [-0.39, 0.29) is 13.2 Å². The second-order valence-electron chi connectivity index (χ2n) is 7.34. The van der Waals surface area contributed by atoms with Crippen molar-refractivity contribution < 1.29 is 18.6 Å². The van der Waals surface area contributed by atoms with Gasteiger partial charge in [0.25, 0.3) is 6.01 Å². The van der Waals surface area contributed by atoms with Crippen LogP contribution >= 0.6 is 23.2 Å². The summed E-state index contributed by atoms with van der Waals surface area (Å²) >= 11 is 12.5. The van der Waals surface area contributed by atoms with Crippen molar-refractivity contribution in [1.29, 1.82) is 0 Å². The Bertz CT molecular complexity index is 1070. The Balaban J connectivity index is 1.49. The molecule has 0 aliphatic carbocycles. The van der Waals surface area contributed by atoms with Gasteiger partial charge in [0.15, 0.2) is 0 Å². The first-order valence-corrected chi connectivity index (χ1v) is 10.5. The number of ether oxygens (including phenoxy) is 3. The third-order valence-electron chi connectivity index (χ3n) is 4.88. The molecule has 3 aromatic rings. The maximum absolute atomic E-state index is 14.3. The minimum atomic E-state index is -1.17. The van der Waals surface area contributed by atoms with Crippen molar-refractivity contribution >= 4 is 29.3 Å². The van der Waals surface area contributed by atoms with Crippen molar-refractivity contribution in [3.8, 4) is 0 Å². The van der Waals surface area contributed by atoms with Crippen LogP contribution in [0.15, 0.2) is 67.2 Å². The van der Waals surface area contributed by atoms with Gasteiger partial charge in [-0.3, -0.25) is 0 Å². The molecule has 31 heavy (non-hydrogen) atoms. The van der Waals surface area contributed by atoms with E-state index in [9.17, 15) is 4.39 Å². The molecule has 0 radical (unpaired) electrons. The molecule has 1 aromatic heterocycles. The van der Waals surface area contributed by atoms with E-state index in [1.54, 1.807) is 36.9 Å². The second kappa shape index (κ2) is 9.40. The first-order valence-electron chi connectivity index (χ1n) is 9.73. The van der Waals surface area contributed by atoms with E-state index in [4.69, 9.17) is 37.4 Å². The Kier molecular flexibility index (Phi) is 6.62.